The van der Waals surface area contributed by atoms with Gasteiger partial charge in [-0.05, 0) is 51.0 Å². The van der Waals surface area contributed by atoms with Crippen molar-refractivity contribution >= 4 is 11.9 Å². The maximum atomic E-state index is 13.1. The van der Waals surface area contributed by atoms with Gasteiger partial charge in [-0.15, -0.1) is 0 Å². The van der Waals surface area contributed by atoms with Crippen molar-refractivity contribution < 1.29 is 19.1 Å². The number of halogens is 1. The third kappa shape index (κ3) is 2.77. The molecule has 0 spiro atoms. The molecule has 3 rings (SSSR count). The number of rotatable bonds is 5. The summed E-state index contributed by atoms with van der Waals surface area (Å²) in [6.45, 7) is 3.58. The van der Waals surface area contributed by atoms with Gasteiger partial charge in [0, 0.05) is 6.54 Å². The molecule has 1 amide bonds. The highest BCUT2D eigenvalue weighted by Crippen LogP contribution is 2.45. The molecule has 6 nitrogen and oxygen atoms in total. The Morgan fingerprint density at radius 2 is 1.92 bits per heavy atom. The Morgan fingerprint density at radius 1 is 1.29 bits per heavy atom. The third-order valence-corrected chi connectivity index (χ3v) is 4.48. The van der Waals surface area contributed by atoms with E-state index >= 15 is 0 Å². The number of aryl methyl sites for hydroxylation is 1. The van der Waals surface area contributed by atoms with Crippen molar-refractivity contribution in [2.75, 3.05) is 6.54 Å². The minimum absolute atomic E-state index is 0.113. The number of carboxylic acid groups (broad SMARTS) is 1. The molecule has 1 fully saturated rings. The Labute approximate surface area is 138 Å². The Hall–Kier alpha value is -2.70. The molecule has 0 atom stereocenters. The number of carboxylic acids is 1. The van der Waals surface area contributed by atoms with E-state index in [4.69, 9.17) is 0 Å². The fourth-order valence-electron chi connectivity index (χ4n) is 2.76. The van der Waals surface area contributed by atoms with Crippen molar-refractivity contribution in [3.05, 3.63) is 47.0 Å². The lowest BCUT2D eigenvalue weighted by Crippen LogP contribution is -2.34. The molecule has 1 aliphatic rings. The first-order valence-corrected chi connectivity index (χ1v) is 7.68. The maximum absolute atomic E-state index is 13.1. The van der Waals surface area contributed by atoms with Gasteiger partial charge in [-0.2, -0.15) is 5.10 Å². The first kappa shape index (κ1) is 16.2. The Bertz CT molecular complexity index is 807. The van der Waals surface area contributed by atoms with Crippen LogP contribution in [0.1, 0.15) is 34.6 Å². The topological polar surface area (TPSA) is 84.2 Å². The van der Waals surface area contributed by atoms with Crippen molar-refractivity contribution in [3.63, 3.8) is 0 Å². The second-order valence-electron chi connectivity index (χ2n) is 6.20. The van der Waals surface area contributed by atoms with Crippen LogP contribution in [0.4, 0.5) is 4.39 Å². The molecule has 7 heteroatoms. The largest absolute Gasteiger partial charge is 0.481 e. The second-order valence-corrected chi connectivity index (χ2v) is 6.20. The summed E-state index contributed by atoms with van der Waals surface area (Å²) < 4.78 is 14.6. The van der Waals surface area contributed by atoms with Gasteiger partial charge in [0.05, 0.1) is 28.1 Å². The van der Waals surface area contributed by atoms with Crippen LogP contribution in [0, 0.1) is 25.1 Å². The number of aromatic nitrogens is 2. The number of nitrogens with one attached hydrogen (secondary N) is 1. The van der Waals surface area contributed by atoms with Gasteiger partial charge in [0.25, 0.3) is 5.91 Å². The van der Waals surface area contributed by atoms with Crippen molar-refractivity contribution in [3.8, 4) is 5.69 Å². The first-order valence-electron chi connectivity index (χ1n) is 7.68. The van der Waals surface area contributed by atoms with E-state index in [9.17, 15) is 19.1 Å². The molecule has 1 aliphatic carbocycles. The molecular weight excluding hydrogens is 313 g/mol. The van der Waals surface area contributed by atoms with Crippen LogP contribution in [0.5, 0.6) is 0 Å². The van der Waals surface area contributed by atoms with Gasteiger partial charge in [-0.25, -0.2) is 9.07 Å². The van der Waals surface area contributed by atoms with E-state index in [0.717, 1.165) is 0 Å². The molecule has 0 radical (unpaired) electrons. The van der Waals surface area contributed by atoms with Crippen molar-refractivity contribution in [1.82, 2.24) is 15.1 Å². The van der Waals surface area contributed by atoms with Crippen LogP contribution in [0.3, 0.4) is 0 Å². The van der Waals surface area contributed by atoms with Crippen LogP contribution in [0.15, 0.2) is 24.3 Å². The maximum Gasteiger partial charge on any atom is 0.311 e. The van der Waals surface area contributed by atoms with Crippen LogP contribution in [0.2, 0.25) is 0 Å². The quantitative estimate of drug-likeness (QED) is 0.880. The van der Waals surface area contributed by atoms with Gasteiger partial charge in [-0.1, -0.05) is 0 Å². The number of hydrogen-bond acceptors (Lipinski definition) is 3. The number of benzene rings is 1. The normalized spacial score (nSPS) is 15.1. The highest BCUT2D eigenvalue weighted by Gasteiger charge is 2.50. The molecule has 1 aromatic heterocycles. The summed E-state index contributed by atoms with van der Waals surface area (Å²) in [6.07, 6.45) is 1.16. The first-order chi connectivity index (χ1) is 11.3. The van der Waals surface area contributed by atoms with E-state index in [1.165, 1.54) is 12.1 Å². The van der Waals surface area contributed by atoms with Crippen molar-refractivity contribution in [2.24, 2.45) is 5.41 Å². The summed E-state index contributed by atoms with van der Waals surface area (Å²) in [5, 5.41) is 16.2. The van der Waals surface area contributed by atoms with Gasteiger partial charge < -0.3 is 10.4 Å². The van der Waals surface area contributed by atoms with Gasteiger partial charge >= 0.3 is 5.97 Å². The highest BCUT2D eigenvalue weighted by molar-refractivity contribution is 5.97. The van der Waals surface area contributed by atoms with E-state index in [1.54, 1.807) is 30.7 Å². The minimum Gasteiger partial charge on any atom is -0.481 e. The number of aliphatic carboxylic acids is 1. The van der Waals surface area contributed by atoms with Crippen LogP contribution < -0.4 is 5.32 Å². The molecule has 2 N–H and O–H groups in total. The summed E-state index contributed by atoms with van der Waals surface area (Å²) in [5.74, 6) is -1.56. The molecule has 1 saturated carbocycles. The zero-order valence-corrected chi connectivity index (χ0v) is 13.5. The van der Waals surface area contributed by atoms with Crippen LogP contribution in [-0.4, -0.2) is 33.3 Å². The molecule has 2 aromatic rings. The number of carbonyl (C=O) groups is 2. The average Bonchev–Trinajstić information content (AvgIpc) is 3.27. The Kier molecular flexibility index (Phi) is 3.87. The van der Waals surface area contributed by atoms with E-state index in [0.29, 0.717) is 35.5 Å². The number of carbonyl (C=O) groups excluding carboxylic acids is 1. The summed E-state index contributed by atoms with van der Waals surface area (Å²) >= 11 is 0. The second kappa shape index (κ2) is 5.74. The van der Waals surface area contributed by atoms with E-state index in [1.807, 2.05) is 0 Å². The smallest absolute Gasteiger partial charge is 0.311 e. The van der Waals surface area contributed by atoms with Crippen molar-refractivity contribution in [2.45, 2.75) is 26.7 Å². The summed E-state index contributed by atoms with van der Waals surface area (Å²) in [4.78, 5) is 23.6. The highest BCUT2D eigenvalue weighted by atomic mass is 19.1. The minimum atomic E-state index is -0.877. The molecule has 1 heterocycles. The van der Waals surface area contributed by atoms with E-state index in [-0.39, 0.29) is 18.3 Å². The van der Waals surface area contributed by atoms with Crippen LogP contribution >= 0.6 is 0 Å². The zero-order valence-electron chi connectivity index (χ0n) is 13.5. The molecule has 126 valence electrons. The fourth-order valence-corrected chi connectivity index (χ4v) is 2.76. The summed E-state index contributed by atoms with van der Waals surface area (Å²) in [5.41, 5.74) is 1.41. The molecule has 0 saturated heterocycles. The lowest BCUT2D eigenvalue weighted by atomic mass is 10.1. The Balaban J connectivity index is 1.82. The third-order valence-electron chi connectivity index (χ3n) is 4.48. The predicted octanol–water partition coefficient (Wildman–Crippen LogP) is 2.22. The Morgan fingerprint density at radius 3 is 2.46 bits per heavy atom. The fraction of sp³-hybridized carbons (Fsp3) is 0.353. The number of nitrogens with zero attached hydrogens (tertiary/aromatic N) is 2. The molecule has 0 bridgehead atoms. The van der Waals surface area contributed by atoms with Gasteiger partial charge in [0.1, 0.15) is 5.82 Å². The lowest BCUT2D eigenvalue weighted by molar-refractivity contribution is -0.143. The van der Waals surface area contributed by atoms with Gasteiger partial charge in [0.2, 0.25) is 0 Å². The molecule has 1 aromatic carbocycles. The van der Waals surface area contributed by atoms with Gasteiger partial charge in [-0.3, -0.25) is 9.59 Å². The molecular formula is C17H18FN3O3. The summed E-state index contributed by atoms with van der Waals surface area (Å²) in [6, 6.07) is 5.82. The monoisotopic (exact) mass is 331 g/mol. The zero-order chi connectivity index (χ0) is 17.5. The summed E-state index contributed by atoms with van der Waals surface area (Å²) in [7, 11) is 0. The lowest BCUT2D eigenvalue weighted by Gasteiger charge is -2.11. The predicted molar refractivity (Wildman–Crippen MR) is 84.6 cm³/mol. The molecule has 0 aliphatic heterocycles. The average molecular weight is 331 g/mol. The standard InChI is InChI=1S/C17H18FN3O3/c1-10-14(15(22)19-9-17(7-8-17)16(23)24)11(2)21(20-10)13-5-3-12(18)4-6-13/h3-6H,7-9H2,1-2H3,(H,19,22)(H,23,24). The van der Waals surface area contributed by atoms with E-state index < -0.39 is 11.4 Å². The number of hydrogen-bond donors (Lipinski definition) is 2. The van der Waals surface area contributed by atoms with Crippen LogP contribution in [-0.2, 0) is 4.79 Å². The van der Waals surface area contributed by atoms with E-state index in [2.05, 4.69) is 10.4 Å². The van der Waals surface area contributed by atoms with Crippen molar-refractivity contribution in [1.29, 1.82) is 0 Å². The molecule has 24 heavy (non-hydrogen) atoms. The molecule has 0 unspecified atom stereocenters. The SMILES string of the molecule is Cc1nn(-c2ccc(F)cc2)c(C)c1C(=O)NCC1(C(=O)O)CC1. The van der Waals surface area contributed by atoms with Gasteiger partial charge in [0.15, 0.2) is 0 Å². The number of amides is 1. The van der Waals surface area contributed by atoms with Crippen LogP contribution in [0.25, 0.3) is 5.69 Å².